The van der Waals surface area contributed by atoms with E-state index in [-0.39, 0.29) is 0 Å². The normalized spacial score (nSPS) is 10.6. The molecule has 0 spiro atoms. The first kappa shape index (κ1) is 11.9. The summed E-state index contributed by atoms with van der Waals surface area (Å²) < 4.78 is 11.5. The third kappa shape index (κ3) is 2.93. The first-order valence-electron chi connectivity index (χ1n) is 4.44. The third-order valence-corrected chi connectivity index (χ3v) is 2.81. The van der Waals surface area contributed by atoms with E-state index in [2.05, 4.69) is 41.6 Å². The molecule has 0 atom stereocenters. The molecule has 0 radical (unpaired) electrons. The van der Waals surface area contributed by atoms with E-state index in [1.54, 1.807) is 14.2 Å². The molecule has 0 aliphatic carbocycles. The molecule has 1 rings (SSSR count). The van der Waals surface area contributed by atoms with Gasteiger partial charge in [-0.05, 0) is 58.3 Å². The Morgan fingerprint density at radius 2 is 1.50 bits per heavy atom. The Balaban J connectivity index is 3.04. The highest BCUT2D eigenvalue weighted by atomic mass is 127. The smallest absolute Gasteiger partial charge is 0.0716 e. The van der Waals surface area contributed by atoms with Crippen molar-refractivity contribution in [2.75, 3.05) is 14.2 Å². The van der Waals surface area contributed by atoms with E-state index in [0.717, 1.165) is 0 Å². The van der Waals surface area contributed by atoms with Crippen molar-refractivity contribution in [3.8, 4) is 0 Å². The molecule has 0 bridgehead atoms. The highest BCUT2D eigenvalue weighted by molar-refractivity contribution is 14.1. The molecular formula is C11H15IO2. The zero-order valence-electron chi connectivity index (χ0n) is 8.76. The van der Waals surface area contributed by atoms with Gasteiger partial charge >= 0.3 is 0 Å². The van der Waals surface area contributed by atoms with E-state index in [0.29, 0.717) is 13.2 Å². The fraction of sp³-hybridized carbons (Fsp3) is 0.455. The van der Waals surface area contributed by atoms with Gasteiger partial charge in [-0.25, -0.2) is 0 Å². The van der Waals surface area contributed by atoms with E-state index < -0.39 is 0 Å². The Labute approximate surface area is 98.7 Å². The predicted octanol–water partition coefficient (Wildman–Crippen LogP) is 2.89. The van der Waals surface area contributed by atoms with Gasteiger partial charge in [0.15, 0.2) is 0 Å². The molecule has 0 aliphatic heterocycles. The summed E-state index contributed by atoms with van der Waals surface area (Å²) in [5, 5.41) is 0. The number of hydrogen-bond donors (Lipinski definition) is 0. The fourth-order valence-corrected chi connectivity index (χ4v) is 2.16. The second-order valence-corrected chi connectivity index (χ2v) is 4.46. The van der Waals surface area contributed by atoms with Crippen LogP contribution in [0.25, 0.3) is 0 Å². The van der Waals surface area contributed by atoms with E-state index in [9.17, 15) is 0 Å². The summed E-state index contributed by atoms with van der Waals surface area (Å²) in [4.78, 5) is 0. The quantitative estimate of drug-likeness (QED) is 0.796. The number of halogens is 1. The van der Waals surface area contributed by atoms with Crippen molar-refractivity contribution >= 4 is 22.6 Å². The van der Waals surface area contributed by atoms with Crippen LogP contribution in [0.5, 0.6) is 0 Å². The molecule has 2 nitrogen and oxygen atoms in total. The minimum atomic E-state index is 0.666. The van der Waals surface area contributed by atoms with Gasteiger partial charge in [0.2, 0.25) is 0 Å². The lowest BCUT2D eigenvalue weighted by atomic mass is 10.0. The molecule has 3 heteroatoms. The molecule has 0 saturated carbocycles. The Kier molecular flexibility index (Phi) is 4.84. The second kappa shape index (κ2) is 5.68. The van der Waals surface area contributed by atoms with E-state index >= 15 is 0 Å². The molecule has 0 unspecified atom stereocenters. The van der Waals surface area contributed by atoms with Crippen molar-refractivity contribution in [3.05, 3.63) is 32.4 Å². The van der Waals surface area contributed by atoms with Gasteiger partial charge in [0.25, 0.3) is 0 Å². The van der Waals surface area contributed by atoms with Crippen LogP contribution in [-0.2, 0) is 22.7 Å². The van der Waals surface area contributed by atoms with Gasteiger partial charge in [0.05, 0.1) is 13.2 Å². The van der Waals surface area contributed by atoms with Crippen LogP contribution in [0.4, 0.5) is 0 Å². The molecule has 0 fully saturated rings. The van der Waals surface area contributed by atoms with Crippen LogP contribution in [0, 0.1) is 10.5 Å². The average molecular weight is 306 g/mol. The van der Waals surface area contributed by atoms with Gasteiger partial charge < -0.3 is 9.47 Å². The lowest BCUT2D eigenvalue weighted by Gasteiger charge is -2.11. The summed E-state index contributed by atoms with van der Waals surface area (Å²) in [5.41, 5.74) is 3.76. The Morgan fingerprint density at radius 1 is 1.07 bits per heavy atom. The van der Waals surface area contributed by atoms with E-state index in [4.69, 9.17) is 9.47 Å². The maximum Gasteiger partial charge on any atom is 0.0716 e. The van der Waals surface area contributed by atoms with Crippen molar-refractivity contribution in [1.82, 2.24) is 0 Å². The van der Waals surface area contributed by atoms with Crippen LogP contribution in [0.15, 0.2) is 12.1 Å². The molecular weight excluding hydrogens is 291 g/mol. The van der Waals surface area contributed by atoms with Crippen LogP contribution >= 0.6 is 22.6 Å². The maximum atomic E-state index is 5.15. The summed E-state index contributed by atoms with van der Waals surface area (Å²) in [6.07, 6.45) is 0. The topological polar surface area (TPSA) is 18.5 Å². The number of methoxy groups -OCH3 is 2. The van der Waals surface area contributed by atoms with Gasteiger partial charge in [-0.2, -0.15) is 0 Å². The molecule has 0 amide bonds. The van der Waals surface area contributed by atoms with Crippen LogP contribution in [0.1, 0.15) is 16.7 Å². The summed E-state index contributed by atoms with van der Waals surface area (Å²) in [7, 11) is 3.44. The standard InChI is InChI=1S/C11H15IO2/c1-8-9(6-13-2)4-11(12)5-10(8)7-14-3/h4-5H,6-7H2,1-3H3. The van der Waals surface area contributed by atoms with Gasteiger partial charge in [0.1, 0.15) is 0 Å². The van der Waals surface area contributed by atoms with Crippen molar-refractivity contribution in [3.63, 3.8) is 0 Å². The van der Waals surface area contributed by atoms with Gasteiger partial charge in [-0.1, -0.05) is 0 Å². The zero-order valence-corrected chi connectivity index (χ0v) is 10.9. The monoisotopic (exact) mass is 306 g/mol. The molecule has 14 heavy (non-hydrogen) atoms. The van der Waals surface area contributed by atoms with Crippen LogP contribution in [0.3, 0.4) is 0 Å². The minimum Gasteiger partial charge on any atom is -0.380 e. The van der Waals surface area contributed by atoms with Crippen molar-refractivity contribution in [1.29, 1.82) is 0 Å². The van der Waals surface area contributed by atoms with Gasteiger partial charge in [-0.15, -0.1) is 0 Å². The van der Waals surface area contributed by atoms with Crippen LogP contribution < -0.4 is 0 Å². The SMILES string of the molecule is COCc1cc(I)cc(COC)c1C. The zero-order chi connectivity index (χ0) is 10.6. The van der Waals surface area contributed by atoms with Crippen LogP contribution in [0.2, 0.25) is 0 Å². The molecule has 0 aliphatic rings. The number of ether oxygens (including phenoxy) is 2. The lowest BCUT2D eigenvalue weighted by Crippen LogP contribution is -1.99. The summed E-state index contributed by atoms with van der Waals surface area (Å²) in [5.74, 6) is 0. The second-order valence-electron chi connectivity index (χ2n) is 3.22. The molecule has 78 valence electrons. The highest BCUT2D eigenvalue weighted by Gasteiger charge is 2.05. The summed E-state index contributed by atoms with van der Waals surface area (Å²) in [6, 6.07) is 4.30. The summed E-state index contributed by atoms with van der Waals surface area (Å²) in [6.45, 7) is 3.44. The Bertz CT molecular complexity index is 283. The summed E-state index contributed by atoms with van der Waals surface area (Å²) >= 11 is 2.32. The van der Waals surface area contributed by atoms with Gasteiger partial charge in [0, 0.05) is 17.8 Å². The Hall–Kier alpha value is -0.130. The van der Waals surface area contributed by atoms with E-state index in [1.807, 2.05) is 0 Å². The first-order chi connectivity index (χ1) is 6.69. The average Bonchev–Trinajstić information content (AvgIpc) is 2.14. The van der Waals surface area contributed by atoms with Crippen LogP contribution in [-0.4, -0.2) is 14.2 Å². The van der Waals surface area contributed by atoms with Crippen molar-refractivity contribution < 1.29 is 9.47 Å². The Morgan fingerprint density at radius 3 is 1.86 bits per heavy atom. The molecule has 1 aromatic rings. The predicted molar refractivity (Wildman–Crippen MR) is 65.3 cm³/mol. The fourth-order valence-electron chi connectivity index (χ4n) is 1.41. The van der Waals surface area contributed by atoms with Crippen molar-refractivity contribution in [2.45, 2.75) is 20.1 Å². The number of benzene rings is 1. The minimum absolute atomic E-state index is 0.666. The van der Waals surface area contributed by atoms with Crippen molar-refractivity contribution in [2.24, 2.45) is 0 Å². The molecule has 0 saturated heterocycles. The molecule has 0 heterocycles. The van der Waals surface area contributed by atoms with E-state index in [1.165, 1.54) is 20.3 Å². The maximum absolute atomic E-state index is 5.15. The molecule has 1 aromatic carbocycles. The number of rotatable bonds is 4. The molecule has 0 N–H and O–H groups in total. The first-order valence-corrected chi connectivity index (χ1v) is 5.52. The lowest BCUT2D eigenvalue weighted by molar-refractivity contribution is 0.179. The highest BCUT2D eigenvalue weighted by Crippen LogP contribution is 2.19. The molecule has 0 aromatic heterocycles. The third-order valence-electron chi connectivity index (χ3n) is 2.19. The van der Waals surface area contributed by atoms with Gasteiger partial charge in [-0.3, -0.25) is 0 Å². The number of hydrogen-bond acceptors (Lipinski definition) is 2. The largest absolute Gasteiger partial charge is 0.380 e.